The smallest absolute Gasteiger partial charge is 0.326 e. The molecule has 8 rings (SSSR count). The molecule has 2 aliphatic rings. The van der Waals surface area contributed by atoms with Crippen molar-refractivity contribution in [1.82, 2.24) is 14.6 Å². The van der Waals surface area contributed by atoms with Crippen LogP contribution in [0.25, 0.3) is 11.1 Å². The number of likely N-dealkylation sites (N-methyl/N-ethyl adjacent to an activating group) is 1. The number of ether oxygens (including phenoxy) is 2. The normalized spacial score (nSPS) is 16.5. The second kappa shape index (κ2) is 17.9. The number of rotatable bonds is 12. The predicted molar refractivity (Wildman–Crippen MR) is 242 cm³/mol. The number of amides is 2. The highest BCUT2D eigenvalue weighted by atomic mass is 35.5. The average molecular weight is 938 g/mol. The molecule has 326 valence electrons. The van der Waals surface area contributed by atoms with E-state index >= 15 is 0 Å². The molecule has 0 radical (unpaired) electrons. The Kier molecular flexibility index (Phi) is 12.4. The maximum Gasteiger partial charge on any atom is 0.326 e. The number of carbonyl (C=O) groups excluding carboxylic acids is 2. The molecule has 0 aliphatic carbocycles. The van der Waals surface area contributed by atoms with Crippen LogP contribution in [0.1, 0.15) is 45.2 Å². The van der Waals surface area contributed by atoms with Gasteiger partial charge in [0.05, 0.1) is 33.1 Å². The number of nitrogens with two attached hydrogens (primary N) is 1. The molecule has 4 N–H and O–H groups in total. The number of hydrogen-bond acceptors (Lipinski definition) is 11. The molecule has 2 unspecified atom stereocenters. The Morgan fingerprint density at radius 3 is 2.36 bits per heavy atom. The molecule has 18 heteroatoms. The van der Waals surface area contributed by atoms with Crippen LogP contribution in [-0.2, 0) is 50.4 Å². The van der Waals surface area contributed by atoms with E-state index in [4.69, 9.17) is 43.7 Å². The first-order chi connectivity index (χ1) is 30.6. The number of nitriles is 1. The lowest BCUT2D eigenvalue weighted by Gasteiger charge is -2.38. The molecule has 14 nitrogen and oxygen atoms in total. The van der Waals surface area contributed by atoms with Crippen LogP contribution >= 0.6 is 34.5 Å². The lowest BCUT2D eigenvalue weighted by Crippen LogP contribution is -2.55. The first-order valence-corrected chi connectivity index (χ1v) is 22.8. The standard InChI is InChI=1S/C46H38Cl2N6O8S2/c1-25-45(63-46(50)51-25)64(59,60)54-23-33-21-39-37(53(2)43(56)41(62-39)30-14-16-34(17-15-30)61-24-31-4-3-5-35(47)40(31)48)19-32(33)20-38(54)42(55)52-36(44(57)58)18-26-6-10-28(11-7-26)29-12-8-27(22-49)9-13-29/h3-17,19,21,36,38,41H,18,20,23-24H2,1-2H3,(H2,50,51)(H,52,55)(H,57,58)/t36-,38?,41?/m0/s1. The van der Waals surface area contributed by atoms with E-state index in [1.807, 2.05) is 24.3 Å². The number of hydrogen-bond donors (Lipinski definition) is 3. The van der Waals surface area contributed by atoms with Gasteiger partial charge in [0.25, 0.3) is 15.9 Å². The minimum absolute atomic E-state index is 0.0249. The number of nitrogen functional groups attached to an aromatic ring is 1. The fourth-order valence-corrected chi connectivity index (χ4v) is 11.0. The third-order valence-electron chi connectivity index (χ3n) is 11.1. The van der Waals surface area contributed by atoms with Gasteiger partial charge in [-0.05, 0) is 83.6 Å². The van der Waals surface area contributed by atoms with Crippen LogP contribution in [0.3, 0.4) is 0 Å². The molecular formula is C46H38Cl2N6O8S2. The molecule has 6 aromatic rings. The quantitative estimate of drug-likeness (QED) is 0.110. The van der Waals surface area contributed by atoms with Gasteiger partial charge < -0.3 is 30.5 Å². The molecule has 2 aliphatic heterocycles. The van der Waals surface area contributed by atoms with E-state index in [1.165, 1.54) is 11.8 Å². The second-order valence-electron chi connectivity index (χ2n) is 15.2. The molecule has 5 aromatic carbocycles. The molecule has 64 heavy (non-hydrogen) atoms. The van der Waals surface area contributed by atoms with Gasteiger partial charge in [0.1, 0.15) is 30.2 Å². The van der Waals surface area contributed by atoms with Crippen molar-refractivity contribution in [2.24, 2.45) is 0 Å². The van der Waals surface area contributed by atoms with Crippen LogP contribution in [0.4, 0.5) is 10.8 Å². The van der Waals surface area contributed by atoms with Crippen molar-refractivity contribution in [2.75, 3.05) is 17.7 Å². The van der Waals surface area contributed by atoms with Crippen LogP contribution in [0.5, 0.6) is 11.5 Å². The Labute approximate surface area is 382 Å². The van der Waals surface area contributed by atoms with Crippen LogP contribution in [0.15, 0.2) is 107 Å². The largest absolute Gasteiger partial charge is 0.489 e. The third kappa shape index (κ3) is 8.85. The van der Waals surface area contributed by atoms with Gasteiger partial charge in [0.15, 0.2) is 9.34 Å². The number of halogens is 2. The summed E-state index contributed by atoms with van der Waals surface area (Å²) in [5.41, 5.74) is 11.7. The molecule has 0 spiro atoms. The van der Waals surface area contributed by atoms with E-state index in [0.717, 1.165) is 26.8 Å². The number of aryl methyl sites for hydroxylation is 1. The molecule has 2 amide bonds. The number of carboxylic acid groups (broad SMARTS) is 1. The van der Waals surface area contributed by atoms with Gasteiger partial charge in [-0.3, -0.25) is 9.59 Å². The Bertz CT molecular complexity index is 2960. The van der Waals surface area contributed by atoms with E-state index in [0.29, 0.717) is 60.6 Å². The van der Waals surface area contributed by atoms with Crippen molar-refractivity contribution in [3.8, 4) is 28.7 Å². The summed E-state index contributed by atoms with van der Waals surface area (Å²) in [5.74, 6) is -1.67. The molecular weight excluding hydrogens is 900 g/mol. The highest BCUT2D eigenvalue weighted by Gasteiger charge is 2.44. The predicted octanol–water partition coefficient (Wildman–Crippen LogP) is 7.48. The summed E-state index contributed by atoms with van der Waals surface area (Å²) < 4.78 is 42.1. The third-order valence-corrected chi connectivity index (χ3v) is 15.4. The minimum atomic E-state index is -4.43. The number of nitrogens with zero attached hydrogens (tertiary/aromatic N) is 4. The minimum Gasteiger partial charge on any atom is -0.489 e. The fraction of sp³-hybridized carbons (Fsp3) is 0.196. The number of fused-ring (bicyclic) bond motifs is 2. The highest BCUT2D eigenvalue weighted by molar-refractivity contribution is 7.91. The Balaban J connectivity index is 1.04. The number of anilines is 2. The molecule has 3 atom stereocenters. The highest BCUT2D eigenvalue weighted by Crippen LogP contribution is 2.43. The topological polar surface area (TPSA) is 205 Å². The molecule has 3 heterocycles. The van der Waals surface area contributed by atoms with Crippen LogP contribution in [0.2, 0.25) is 10.0 Å². The summed E-state index contributed by atoms with van der Waals surface area (Å²) in [5, 5.41) is 22.9. The van der Waals surface area contributed by atoms with Crippen molar-refractivity contribution >= 4 is 73.2 Å². The summed E-state index contributed by atoms with van der Waals surface area (Å²) in [7, 11) is -2.83. The van der Waals surface area contributed by atoms with Gasteiger partial charge in [-0.25, -0.2) is 18.2 Å². The summed E-state index contributed by atoms with van der Waals surface area (Å²) in [6, 6.07) is 28.9. The summed E-state index contributed by atoms with van der Waals surface area (Å²) in [4.78, 5) is 46.3. The van der Waals surface area contributed by atoms with Gasteiger partial charge >= 0.3 is 5.97 Å². The number of aliphatic carboxylic acids is 1. The molecule has 0 saturated carbocycles. The van der Waals surface area contributed by atoms with Gasteiger partial charge in [-0.2, -0.15) is 9.57 Å². The average Bonchev–Trinajstić information content (AvgIpc) is 3.65. The van der Waals surface area contributed by atoms with Gasteiger partial charge in [0.2, 0.25) is 12.0 Å². The monoisotopic (exact) mass is 936 g/mol. The molecule has 0 saturated heterocycles. The van der Waals surface area contributed by atoms with Crippen molar-refractivity contribution in [3.63, 3.8) is 0 Å². The Morgan fingerprint density at radius 1 is 1.03 bits per heavy atom. The number of nitrogens with one attached hydrogen (secondary N) is 1. The van der Waals surface area contributed by atoms with Crippen molar-refractivity contribution in [1.29, 1.82) is 5.26 Å². The molecule has 0 bridgehead atoms. The zero-order valence-electron chi connectivity index (χ0n) is 34.1. The zero-order chi connectivity index (χ0) is 45.4. The van der Waals surface area contributed by atoms with Gasteiger partial charge in [-0.15, -0.1) is 0 Å². The van der Waals surface area contributed by atoms with Crippen LogP contribution in [0, 0.1) is 18.3 Å². The number of carbonyl (C=O) groups is 3. The van der Waals surface area contributed by atoms with Crippen molar-refractivity contribution < 1.29 is 37.4 Å². The van der Waals surface area contributed by atoms with E-state index in [1.54, 1.807) is 85.9 Å². The van der Waals surface area contributed by atoms with Crippen molar-refractivity contribution in [2.45, 2.75) is 55.3 Å². The number of benzene rings is 5. The van der Waals surface area contributed by atoms with E-state index in [9.17, 15) is 27.9 Å². The fourth-order valence-electron chi connectivity index (χ4n) is 7.68. The Morgan fingerprint density at radius 2 is 1.72 bits per heavy atom. The lowest BCUT2D eigenvalue weighted by molar-refractivity contribution is -0.142. The summed E-state index contributed by atoms with van der Waals surface area (Å²) >= 11 is 13.2. The maximum atomic E-state index is 14.5. The van der Waals surface area contributed by atoms with Gasteiger partial charge in [-0.1, -0.05) is 95.2 Å². The lowest BCUT2D eigenvalue weighted by atomic mass is 9.93. The van der Waals surface area contributed by atoms with E-state index in [-0.39, 0.29) is 46.9 Å². The van der Waals surface area contributed by atoms with E-state index < -0.39 is 40.1 Å². The second-order valence-corrected chi connectivity index (χ2v) is 19.1. The summed E-state index contributed by atoms with van der Waals surface area (Å²) in [6.45, 7) is 1.38. The summed E-state index contributed by atoms with van der Waals surface area (Å²) in [6.07, 6.45) is -1.29. The van der Waals surface area contributed by atoms with Gasteiger partial charge in [0, 0.05) is 31.1 Å². The Hall–Kier alpha value is -6.48. The van der Waals surface area contributed by atoms with Crippen molar-refractivity contribution in [3.05, 3.63) is 152 Å². The first kappa shape index (κ1) is 44.1. The first-order valence-electron chi connectivity index (χ1n) is 19.7. The number of sulfonamides is 1. The van der Waals surface area contributed by atoms with E-state index in [2.05, 4.69) is 16.4 Å². The SMILES string of the molecule is Cc1nc(N)sc1S(=O)(=O)N1Cc2cc3c(cc2CC1C(=O)N[C@@H](Cc1ccc(-c2ccc(C#N)cc2)cc1)C(=O)O)N(C)C(=O)C(c1ccc(OCc2cccc(Cl)c2Cl)cc1)O3. The molecule has 0 fully saturated rings. The number of thiazole rings is 1. The number of carboxylic acids is 1. The molecule has 1 aromatic heterocycles. The number of aromatic nitrogens is 1. The maximum absolute atomic E-state index is 14.5. The van der Waals surface area contributed by atoms with Crippen LogP contribution in [-0.4, -0.2) is 59.7 Å². The zero-order valence-corrected chi connectivity index (χ0v) is 37.3. The van der Waals surface area contributed by atoms with Crippen LogP contribution < -0.4 is 25.4 Å².